The Kier molecular flexibility index (Phi) is 4.73. The molecule has 0 aliphatic heterocycles. The van der Waals surface area contributed by atoms with Crippen LogP contribution < -0.4 is 0 Å². The summed E-state index contributed by atoms with van der Waals surface area (Å²) < 4.78 is 0. The summed E-state index contributed by atoms with van der Waals surface area (Å²) in [5.41, 5.74) is 2.67. The Hall–Kier alpha value is -1.80. The molecule has 0 bridgehead atoms. The molecular formula is C14H14ClNO. The Morgan fingerprint density at radius 2 is 1.76 bits per heavy atom. The number of benzene rings is 1. The average molecular weight is 248 g/mol. The van der Waals surface area contributed by atoms with Crippen molar-refractivity contribution in [2.24, 2.45) is 0 Å². The predicted octanol–water partition coefficient (Wildman–Crippen LogP) is 3.69. The van der Waals surface area contributed by atoms with Gasteiger partial charge in [0.25, 0.3) is 0 Å². The van der Waals surface area contributed by atoms with Crippen LogP contribution in [0.15, 0.2) is 42.5 Å². The molecule has 1 N–H and O–H groups in total. The topological polar surface area (TPSA) is 33.1 Å². The standard InChI is InChI=1S/C14H13NO.ClH/c1-11-5-4-7-13(15-11)10-9-12-6-2-3-8-14(12)16;/h2-10,16H,1H3;1H. The summed E-state index contributed by atoms with van der Waals surface area (Å²) in [6.45, 7) is 1.96. The van der Waals surface area contributed by atoms with Gasteiger partial charge in [-0.05, 0) is 37.3 Å². The number of phenolic OH excluding ortho intramolecular Hbond substituents is 1. The van der Waals surface area contributed by atoms with Crippen molar-refractivity contribution in [1.29, 1.82) is 0 Å². The lowest BCUT2D eigenvalue weighted by Crippen LogP contribution is -1.83. The van der Waals surface area contributed by atoms with E-state index >= 15 is 0 Å². The molecule has 3 heteroatoms. The van der Waals surface area contributed by atoms with Crippen LogP contribution in [0, 0.1) is 6.92 Å². The van der Waals surface area contributed by atoms with Gasteiger partial charge in [-0.15, -0.1) is 12.4 Å². The van der Waals surface area contributed by atoms with Gasteiger partial charge in [0.2, 0.25) is 0 Å². The van der Waals surface area contributed by atoms with E-state index in [0.717, 1.165) is 17.0 Å². The van der Waals surface area contributed by atoms with Crippen molar-refractivity contribution < 1.29 is 5.11 Å². The zero-order valence-corrected chi connectivity index (χ0v) is 10.3. The first-order chi connectivity index (χ1) is 7.75. The maximum Gasteiger partial charge on any atom is 0.122 e. The molecule has 1 aromatic heterocycles. The number of aryl methyl sites for hydroxylation is 1. The zero-order chi connectivity index (χ0) is 11.4. The van der Waals surface area contributed by atoms with Crippen LogP contribution >= 0.6 is 12.4 Å². The summed E-state index contributed by atoms with van der Waals surface area (Å²) in [4.78, 5) is 4.35. The second kappa shape index (κ2) is 6.06. The van der Waals surface area contributed by atoms with Crippen molar-refractivity contribution in [2.45, 2.75) is 6.92 Å². The molecule has 2 aromatic rings. The SMILES string of the molecule is Cc1cccc(C=Cc2ccccc2O)n1.Cl. The van der Waals surface area contributed by atoms with E-state index < -0.39 is 0 Å². The molecule has 0 spiro atoms. The maximum absolute atomic E-state index is 9.57. The first-order valence-electron chi connectivity index (χ1n) is 5.15. The number of hydrogen-bond donors (Lipinski definition) is 1. The lowest BCUT2D eigenvalue weighted by atomic mass is 10.1. The summed E-state index contributed by atoms with van der Waals surface area (Å²) in [7, 11) is 0. The molecule has 2 nitrogen and oxygen atoms in total. The van der Waals surface area contributed by atoms with Crippen LogP contribution in [0.25, 0.3) is 12.2 Å². The quantitative estimate of drug-likeness (QED) is 0.878. The van der Waals surface area contributed by atoms with Gasteiger partial charge in [0, 0.05) is 11.3 Å². The van der Waals surface area contributed by atoms with E-state index in [0.29, 0.717) is 0 Å². The van der Waals surface area contributed by atoms with E-state index in [4.69, 9.17) is 0 Å². The van der Waals surface area contributed by atoms with Crippen molar-refractivity contribution in [1.82, 2.24) is 4.98 Å². The van der Waals surface area contributed by atoms with Crippen molar-refractivity contribution in [2.75, 3.05) is 0 Å². The van der Waals surface area contributed by atoms with Crippen molar-refractivity contribution in [3.8, 4) is 5.75 Å². The minimum atomic E-state index is 0. The largest absolute Gasteiger partial charge is 0.507 e. The Morgan fingerprint density at radius 1 is 1.00 bits per heavy atom. The lowest BCUT2D eigenvalue weighted by Gasteiger charge is -1.98. The van der Waals surface area contributed by atoms with Crippen LogP contribution in [0.1, 0.15) is 17.0 Å². The Bertz CT molecular complexity index is 523. The minimum absolute atomic E-state index is 0. The molecule has 0 unspecified atom stereocenters. The van der Waals surface area contributed by atoms with Gasteiger partial charge in [0.15, 0.2) is 0 Å². The van der Waals surface area contributed by atoms with Gasteiger partial charge in [-0.25, -0.2) is 0 Å². The van der Waals surface area contributed by atoms with Crippen LogP contribution in [0.4, 0.5) is 0 Å². The Morgan fingerprint density at radius 3 is 2.47 bits per heavy atom. The average Bonchev–Trinajstić information content (AvgIpc) is 2.28. The molecule has 1 aromatic carbocycles. The highest BCUT2D eigenvalue weighted by Gasteiger charge is 1.94. The van der Waals surface area contributed by atoms with Gasteiger partial charge < -0.3 is 5.11 Å². The molecule has 0 saturated carbocycles. The first-order valence-corrected chi connectivity index (χ1v) is 5.15. The third kappa shape index (κ3) is 3.61. The number of para-hydroxylation sites is 1. The van der Waals surface area contributed by atoms with E-state index in [1.165, 1.54) is 0 Å². The van der Waals surface area contributed by atoms with E-state index in [-0.39, 0.29) is 18.2 Å². The molecule has 17 heavy (non-hydrogen) atoms. The molecule has 0 aliphatic carbocycles. The third-order valence-corrected chi connectivity index (χ3v) is 2.28. The highest BCUT2D eigenvalue weighted by Crippen LogP contribution is 2.18. The van der Waals surface area contributed by atoms with Crippen LogP contribution in [0.5, 0.6) is 5.75 Å². The second-order valence-electron chi connectivity index (χ2n) is 3.60. The predicted molar refractivity (Wildman–Crippen MR) is 73.3 cm³/mol. The normalized spacial score (nSPS) is 10.2. The van der Waals surface area contributed by atoms with Gasteiger partial charge in [-0.2, -0.15) is 0 Å². The van der Waals surface area contributed by atoms with Gasteiger partial charge >= 0.3 is 0 Å². The number of phenols is 1. The van der Waals surface area contributed by atoms with Crippen LogP contribution in [-0.2, 0) is 0 Å². The fraction of sp³-hybridized carbons (Fsp3) is 0.0714. The third-order valence-electron chi connectivity index (χ3n) is 2.28. The van der Waals surface area contributed by atoms with E-state index in [2.05, 4.69) is 4.98 Å². The van der Waals surface area contributed by atoms with Crippen LogP contribution in [-0.4, -0.2) is 10.1 Å². The number of aromatic nitrogens is 1. The molecule has 1 heterocycles. The van der Waals surface area contributed by atoms with Crippen LogP contribution in [0.2, 0.25) is 0 Å². The second-order valence-corrected chi connectivity index (χ2v) is 3.60. The van der Waals surface area contributed by atoms with Crippen LogP contribution in [0.3, 0.4) is 0 Å². The molecule has 2 rings (SSSR count). The number of nitrogens with zero attached hydrogens (tertiary/aromatic N) is 1. The Balaban J connectivity index is 0.00000144. The van der Waals surface area contributed by atoms with E-state index in [1.807, 2.05) is 49.4 Å². The molecule has 0 atom stereocenters. The van der Waals surface area contributed by atoms with E-state index in [9.17, 15) is 5.11 Å². The number of pyridine rings is 1. The molecule has 0 saturated heterocycles. The zero-order valence-electron chi connectivity index (χ0n) is 9.50. The fourth-order valence-corrected chi connectivity index (χ4v) is 1.46. The summed E-state index contributed by atoms with van der Waals surface area (Å²) in [5, 5.41) is 9.57. The molecule has 0 fully saturated rings. The lowest BCUT2D eigenvalue weighted by molar-refractivity contribution is 0.474. The summed E-state index contributed by atoms with van der Waals surface area (Å²) in [6.07, 6.45) is 3.75. The molecule has 0 amide bonds. The number of rotatable bonds is 2. The monoisotopic (exact) mass is 247 g/mol. The van der Waals surface area contributed by atoms with Gasteiger partial charge in [-0.3, -0.25) is 4.98 Å². The fourth-order valence-electron chi connectivity index (χ4n) is 1.46. The van der Waals surface area contributed by atoms with E-state index in [1.54, 1.807) is 12.1 Å². The first kappa shape index (κ1) is 13.3. The summed E-state index contributed by atoms with van der Waals surface area (Å²) in [6, 6.07) is 13.1. The molecular weight excluding hydrogens is 234 g/mol. The smallest absolute Gasteiger partial charge is 0.122 e. The van der Waals surface area contributed by atoms with Crippen molar-refractivity contribution >= 4 is 24.6 Å². The molecule has 0 radical (unpaired) electrons. The highest BCUT2D eigenvalue weighted by atomic mass is 35.5. The number of hydrogen-bond acceptors (Lipinski definition) is 2. The maximum atomic E-state index is 9.57. The van der Waals surface area contributed by atoms with Gasteiger partial charge in [-0.1, -0.05) is 24.3 Å². The highest BCUT2D eigenvalue weighted by molar-refractivity contribution is 5.85. The summed E-state index contributed by atoms with van der Waals surface area (Å²) >= 11 is 0. The molecule has 0 aliphatic rings. The number of halogens is 1. The number of aromatic hydroxyl groups is 1. The van der Waals surface area contributed by atoms with Gasteiger partial charge in [0.1, 0.15) is 5.75 Å². The molecule has 88 valence electrons. The minimum Gasteiger partial charge on any atom is -0.507 e. The van der Waals surface area contributed by atoms with Crippen molar-refractivity contribution in [3.05, 3.63) is 59.4 Å². The summed E-state index contributed by atoms with van der Waals surface area (Å²) in [5.74, 6) is 0.284. The Labute approximate surface area is 107 Å². The van der Waals surface area contributed by atoms with Crippen molar-refractivity contribution in [3.63, 3.8) is 0 Å². The van der Waals surface area contributed by atoms with Gasteiger partial charge in [0.05, 0.1) is 5.69 Å².